The molecule has 0 atom stereocenters. The summed E-state index contributed by atoms with van der Waals surface area (Å²) in [6, 6.07) is 11.4. The molecule has 11 heteroatoms. The van der Waals surface area contributed by atoms with Crippen LogP contribution in [0.25, 0.3) is 11.3 Å². The van der Waals surface area contributed by atoms with Crippen molar-refractivity contribution in [1.82, 2.24) is 9.78 Å². The first-order valence-electron chi connectivity index (χ1n) is 7.47. The molecule has 136 valence electrons. The van der Waals surface area contributed by atoms with Gasteiger partial charge < -0.3 is 10.8 Å². The van der Waals surface area contributed by atoms with E-state index in [4.69, 9.17) is 18.0 Å². The van der Waals surface area contributed by atoms with Crippen molar-refractivity contribution in [2.75, 3.05) is 0 Å². The average molecular weight is 384 g/mol. The standard InChI is InChI=1S/C16H12N6O4S/c17-16(27)21-15(24)14(19-18-10-3-7-12(23)8-4-10)13(20-21)9-1-5-11(6-2-9)22(25)26/h1-8,20,23H,(H2,17,27). The number of azo groups is 1. The van der Waals surface area contributed by atoms with Crippen molar-refractivity contribution >= 4 is 34.4 Å². The number of benzene rings is 2. The van der Waals surface area contributed by atoms with E-state index in [1.165, 1.54) is 48.5 Å². The Morgan fingerprint density at radius 1 is 1.15 bits per heavy atom. The quantitative estimate of drug-likeness (QED) is 0.272. The number of phenols is 1. The number of non-ortho nitro benzene ring substituents is 1. The second kappa shape index (κ2) is 7.17. The predicted molar refractivity (Wildman–Crippen MR) is 102 cm³/mol. The molecule has 2 aromatic carbocycles. The van der Waals surface area contributed by atoms with E-state index < -0.39 is 10.5 Å². The lowest BCUT2D eigenvalue weighted by Gasteiger charge is -2.00. The van der Waals surface area contributed by atoms with Gasteiger partial charge in [-0.15, -0.1) is 5.11 Å². The van der Waals surface area contributed by atoms with Crippen LogP contribution in [0.4, 0.5) is 17.1 Å². The molecule has 4 N–H and O–H groups in total. The molecule has 10 nitrogen and oxygen atoms in total. The zero-order chi connectivity index (χ0) is 19.6. The Morgan fingerprint density at radius 3 is 2.33 bits per heavy atom. The Balaban J connectivity index is 2.09. The highest BCUT2D eigenvalue weighted by atomic mass is 32.1. The number of aromatic hydroxyl groups is 1. The van der Waals surface area contributed by atoms with Crippen LogP contribution >= 0.6 is 12.2 Å². The molecule has 0 aliphatic rings. The van der Waals surface area contributed by atoms with E-state index in [9.17, 15) is 20.0 Å². The van der Waals surface area contributed by atoms with Crippen LogP contribution in [0.3, 0.4) is 0 Å². The van der Waals surface area contributed by atoms with Gasteiger partial charge >= 0.3 is 5.56 Å². The number of aromatic nitrogens is 2. The number of nitrogens with zero attached hydrogens (tertiary/aromatic N) is 4. The molecule has 0 bridgehead atoms. The van der Waals surface area contributed by atoms with Crippen molar-refractivity contribution in [3.8, 4) is 17.0 Å². The van der Waals surface area contributed by atoms with Crippen molar-refractivity contribution in [2.24, 2.45) is 16.0 Å². The maximum absolute atomic E-state index is 12.5. The van der Waals surface area contributed by atoms with Gasteiger partial charge in [-0.1, -0.05) is 0 Å². The third-order valence-electron chi connectivity index (χ3n) is 3.57. The predicted octanol–water partition coefficient (Wildman–Crippen LogP) is 2.96. The number of nitrogens with two attached hydrogens (primary N) is 1. The van der Waals surface area contributed by atoms with Gasteiger partial charge in [0, 0.05) is 17.7 Å². The van der Waals surface area contributed by atoms with Crippen LogP contribution in [0, 0.1) is 10.1 Å². The average Bonchev–Trinajstić information content (AvgIpc) is 2.98. The number of nitro benzene ring substituents is 1. The maximum Gasteiger partial charge on any atom is 0.301 e. The molecule has 1 heterocycles. The Bertz CT molecular complexity index is 1100. The minimum atomic E-state index is -0.613. The summed E-state index contributed by atoms with van der Waals surface area (Å²) in [5.74, 6) is 0.0676. The zero-order valence-electron chi connectivity index (χ0n) is 13.6. The van der Waals surface area contributed by atoms with E-state index in [1.54, 1.807) is 0 Å². The minimum Gasteiger partial charge on any atom is -0.508 e. The highest BCUT2D eigenvalue weighted by Gasteiger charge is 2.18. The van der Waals surface area contributed by atoms with Crippen LogP contribution in [-0.4, -0.2) is 24.9 Å². The monoisotopic (exact) mass is 384 g/mol. The van der Waals surface area contributed by atoms with Crippen LogP contribution in [-0.2, 0) is 0 Å². The Morgan fingerprint density at radius 2 is 1.78 bits per heavy atom. The summed E-state index contributed by atoms with van der Waals surface area (Å²) in [4.78, 5) is 22.8. The van der Waals surface area contributed by atoms with Gasteiger partial charge in [-0.2, -0.15) is 9.80 Å². The molecule has 0 spiro atoms. The maximum atomic E-state index is 12.5. The molecule has 0 fully saturated rings. The third-order valence-corrected chi connectivity index (χ3v) is 3.75. The Kier molecular flexibility index (Phi) is 4.77. The van der Waals surface area contributed by atoms with Gasteiger partial charge in [0.1, 0.15) is 5.75 Å². The first-order chi connectivity index (χ1) is 12.9. The molecule has 0 saturated carbocycles. The SMILES string of the molecule is NC(=S)n1[nH]c(-c2ccc([N+](=O)[O-])cc2)c(N=Nc2ccc(O)cc2)c1=O. The molecule has 0 aliphatic carbocycles. The van der Waals surface area contributed by atoms with Crippen molar-refractivity contribution in [3.63, 3.8) is 0 Å². The third kappa shape index (κ3) is 3.72. The van der Waals surface area contributed by atoms with E-state index in [2.05, 4.69) is 15.3 Å². The van der Waals surface area contributed by atoms with Crippen molar-refractivity contribution in [2.45, 2.75) is 0 Å². The largest absolute Gasteiger partial charge is 0.508 e. The normalized spacial score (nSPS) is 11.0. The molecule has 3 aromatic rings. The fourth-order valence-corrected chi connectivity index (χ4v) is 2.38. The van der Waals surface area contributed by atoms with E-state index in [1.807, 2.05) is 0 Å². The molecular formula is C16H12N6O4S. The van der Waals surface area contributed by atoms with Gasteiger partial charge in [-0.05, 0) is 48.6 Å². The number of rotatable bonds is 4. The number of hydrogen-bond donors (Lipinski definition) is 3. The van der Waals surface area contributed by atoms with E-state index in [0.29, 0.717) is 11.3 Å². The Labute approximate surface area is 156 Å². The Hall–Kier alpha value is -3.86. The van der Waals surface area contributed by atoms with E-state index in [0.717, 1.165) is 4.68 Å². The van der Waals surface area contributed by atoms with Gasteiger partial charge in [-0.3, -0.25) is 20.0 Å². The van der Waals surface area contributed by atoms with Gasteiger partial charge in [0.2, 0.25) is 0 Å². The number of H-pyrrole nitrogens is 1. The molecule has 0 amide bonds. The number of nitrogens with one attached hydrogen (secondary N) is 1. The second-order valence-corrected chi connectivity index (χ2v) is 5.75. The van der Waals surface area contributed by atoms with Crippen LogP contribution in [0.15, 0.2) is 63.6 Å². The van der Waals surface area contributed by atoms with Crippen molar-refractivity contribution in [1.29, 1.82) is 0 Å². The summed E-state index contributed by atoms with van der Waals surface area (Å²) in [5.41, 5.74) is 5.89. The van der Waals surface area contributed by atoms with Gasteiger partial charge in [0.25, 0.3) is 5.69 Å². The summed E-state index contributed by atoms with van der Waals surface area (Å²) in [6.07, 6.45) is 0. The minimum absolute atomic E-state index is 0.0651. The first-order valence-corrected chi connectivity index (χ1v) is 7.88. The molecule has 0 aliphatic heterocycles. The molecule has 0 unspecified atom stereocenters. The van der Waals surface area contributed by atoms with Crippen molar-refractivity contribution < 1.29 is 10.0 Å². The highest BCUT2D eigenvalue weighted by molar-refractivity contribution is 7.80. The van der Waals surface area contributed by atoms with Crippen LogP contribution in [0.2, 0.25) is 0 Å². The number of hydrogen-bond acceptors (Lipinski definition) is 7. The molecule has 3 rings (SSSR count). The smallest absolute Gasteiger partial charge is 0.301 e. The fourth-order valence-electron chi connectivity index (χ4n) is 2.25. The summed E-state index contributed by atoms with van der Waals surface area (Å²) in [6.45, 7) is 0. The number of thiocarbonyl (C=S) groups is 1. The molecule has 0 radical (unpaired) electrons. The molecule has 27 heavy (non-hydrogen) atoms. The number of aromatic amines is 1. The van der Waals surface area contributed by atoms with Crippen molar-refractivity contribution in [3.05, 3.63) is 69.0 Å². The highest BCUT2D eigenvalue weighted by Crippen LogP contribution is 2.29. The van der Waals surface area contributed by atoms with Crippen LogP contribution in [0.5, 0.6) is 5.75 Å². The first kappa shape index (κ1) is 17.9. The number of phenolic OH excluding ortho intramolecular Hbond substituents is 1. The molecule has 0 saturated heterocycles. The topological polar surface area (TPSA) is 152 Å². The zero-order valence-corrected chi connectivity index (χ0v) is 14.4. The van der Waals surface area contributed by atoms with Crippen LogP contribution in [0.1, 0.15) is 0 Å². The summed E-state index contributed by atoms with van der Waals surface area (Å²) in [5, 5.41) is 30.6. The lowest BCUT2D eigenvalue weighted by Crippen LogP contribution is -2.29. The van der Waals surface area contributed by atoms with E-state index in [-0.39, 0.29) is 27.9 Å². The number of nitro groups is 1. The van der Waals surface area contributed by atoms with Crippen LogP contribution < -0.4 is 11.3 Å². The van der Waals surface area contributed by atoms with Gasteiger partial charge in [0.15, 0.2) is 10.8 Å². The van der Waals surface area contributed by atoms with Gasteiger partial charge in [0.05, 0.1) is 16.3 Å². The van der Waals surface area contributed by atoms with Gasteiger partial charge in [-0.25, -0.2) is 0 Å². The lowest BCUT2D eigenvalue weighted by molar-refractivity contribution is -0.384. The second-order valence-electron chi connectivity index (χ2n) is 5.33. The lowest BCUT2D eigenvalue weighted by atomic mass is 10.1. The molecular weight excluding hydrogens is 372 g/mol. The van der Waals surface area contributed by atoms with E-state index >= 15 is 0 Å². The molecule has 1 aromatic heterocycles. The summed E-state index contributed by atoms with van der Waals surface area (Å²) < 4.78 is 0.928. The summed E-state index contributed by atoms with van der Waals surface area (Å²) in [7, 11) is 0. The fraction of sp³-hybridized carbons (Fsp3) is 0. The summed E-state index contributed by atoms with van der Waals surface area (Å²) >= 11 is 4.84.